The highest BCUT2D eigenvalue weighted by atomic mass is 32.2. The number of rotatable bonds is 3. The molecule has 0 aliphatic heterocycles. The molecule has 0 saturated carbocycles. The summed E-state index contributed by atoms with van der Waals surface area (Å²) in [5.74, 6) is 0. The van der Waals surface area contributed by atoms with Crippen LogP contribution in [0.1, 0.15) is 5.56 Å². The summed E-state index contributed by atoms with van der Waals surface area (Å²) in [5, 5.41) is 0. The highest BCUT2D eigenvalue weighted by molar-refractivity contribution is 7.99. The van der Waals surface area contributed by atoms with Crippen LogP contribution in [0.4, 0.5) is 5.69 Å². The van der Waals surface area contributed by atoms with E-state index in [2.05, 4.69) is 10.8 Å². The van der Waals surface area contributed by atoms with Gasteiger partial charge in [-0.15, -0.1) is 0 Å². The van der Waals surface area contributed by atoms with Crippen molar-refractivity contribution in [2.75, 3.05) is 11.0 Å². The maximum absolute atomic E-state index is 11.7. The molecule has 2 aromatic rings. The van der Waals surface area contributed by atoms with Crippen LogP contribution in [0.25, 0.3) is 11.1 Å². The van der Waals surface area contributed by atoms with E-state index in [-0.39, 0.29) is 5.56 Å². The lowest BCUT2D eigenvalue weighted by atomic mass is 10.1. The van der Waals surface area contributed by atoms with Crippen LogP contribution in [-0.2, 0) is 7.05 Å². The minimum Gasteiger partial charge on any atom is -0.330 e. The molecule has 0 fully saturated rings. The summed E-state index contributed by atoms with van der Waals surface area (Å²) in [4.78, 5) is 11.7. The molecular formula is C14H16N2OS. The van der Waals surface area contributed by atoms with Gasteiger partial charge >= 0.3 is 0 Å². The largest absolute Gasteiger partial charge is 0.330 e. The summed E-state index contributed by atoms with van der Waals surface area (Å²) in [5.41, 5.74) is 4.04. The Labute approximate surface area is 111 Å². The first-order valence-electron chi connectivity index (χ1n) is 5.68. The Morgan fingerprint density at radius 1 is 1.22 bits per heavy atom. The number of nitrogens with one attached hydrogen (secondary N) is 1. The van der Waals surface area contributed by atoms with Gasteiger partial charge in [-0.25, -0.2) is 0 Å². The van der Waals surface area contributed by atoms with Crippen LogP contribution in [0.5, 0.6) is 0 Å². The molecule has 1 aromatic heterocycles. The fourth-order valence-electron chi connectivity index (χ4n) is 1.92. The van der Waals surface area contributed by atoms with Crippen molar-refractivity contribution in [2.45, 2.75) is 6.92 Å². The van der Waals surface area contributed by atoms with E-state index >= 15 is 0 Å². The van der Waals surface area contributed by atoms with Gasteiger partial charge in [-0.1, -0.05) is 24.1 Å². The van der Waals surface area contributed by atoms with Gasteiger partial charge in [0.15, 0.2) is 0 Å². The Hall–Kier alpha value is -1.68. The van der Waals surface area contributed by atoms with Gasteiger partial charge in [0, 0.05) is 30.8 Å². The quantitative estimate of drug-likeness (QED) is 0.861. The molecule has 2 rings (SSSR count). The molecule has 0 saturated heterocycles. The highest BCUT2D eigenvalue weighted by Crippen LogP contribution is 2.23. The first kappa shape index (κ1) is 12.8. The predicted octanol–water partition coefficient (Wildman–Crippen LogP) is 3.05. The molecule has 4 heteroatoms. The molecule has 1 N–H and O–H groups in total. The zero-order chi connectivity index (χ0) is 13.1. The third-order valence-corrected chi connectivity index (χ3v) is 3.22. The molecule has 0 spiro atoms. The van der Waals surface area contributed by atoms with E-state index in [1.54, 1.807) is 23.6 Å². The fraction of sp³-hybridized carbons (Fsp3) is 0.214. The van der Waals surface area contributed by atoms with Crippen LogP contribution in [0.3, 0.4) is 0 Å². The molecular weight excluding hydrogens is 244 g/mol. The van der Waals surface area contributed by atoms with E-state index in [1.807, 2.05) is 43.6 Å². The maximum atomic E-state index is 11.7. The van der Waals surface area contributed by atoms with Gasteiger partial charge in [0.05, 0.1) is 0 Å². The Morgan fingerprint density at radius 3 is 2.67 bits per heavy atom. The number of aryl methyl sites for hydroxylation is 2. The normalized spacial score (nSPS) is 10.4. The van der Waals surface area contributed by atoms with Gasteiger partial charge in [0.2, 0.25) is 0 Å². The molecule has 1 heterocycles. The molecule has 18 heavy (non-hydrogen) atoms. The van der Waals surface area contributed by atoms with E-state index in [0.29, 0.717) is 0 Å². The Kier molecular flexibility index (Phi) is 3.77. The number of benzene rings is 1. The Morgan fingerprint density at radius 2 is 2.00 bits per heavy atom. The van der Waals surface area contributed by atoms with Gasteiger partial charge in [-0.3, -0.25) is 4.79 Å². The summed E-state index contributed by atoms with van der Waals surface area (Å²) in [6, 6.07) is 10.1. The van der Waals surface area contributed by atoms with Crippen molar-refractivity contribution in [1.82, 2.24) is 4.57 Å². The topological polar surface area (TPSA) is 34.0 Å². The van der Waals surface area contributed by atoms with Crippen molar-refractivity contribution in [1.29, 1.82) is 0 Å². The second-order valence-corrected chi connectivity index (χ2v) is 4.83. The molecule has 0 bridgehead atoms. The Balaban J connectivity index is 2.48. The molecule has 1 aromatic carbocycles. The van der Waals surface area contributed by atoms with Crippen molar-refractivity contribution in [3.05, 3.63) is 52.4 Å². The molecule has 0 amide bonds. The second kappa shape index (κ2) is 5.31. The highest BCUT2D eigenvalue weighted by Gasteiger charge is 2.03. The summed E-state index contributed by atoms with van der Waals surface area (Å²) in [6.45, 7) is 1.84. The second-order valence-electron chi connectivity index (χ2n) is 4.21. The van der Waals surface area contributed by atoms with E-state index in [0.717, 1.165) is 22.4 Å². The minimum absolute atomic E-state index is 0.0529. The van der Waals surface area contributed by atoms with E-state index in [9.17, 15) is 4.79 Å². The van der Waals surface area contributed by atoms with Crippen molar-refractivity contribution in [2.24, 2.45) is 7.05 Å². The van der Waals surface area contributed by atoms with Crippen LogP contribution in [0, 0.1) is 6.92 Å². The van der Waals surface area contributed by atoms with Crippen LogP contribution >= 0.6 is 11.9 Å². The van der Waals surface area contributed by atoms with Crippen molar-refractivity contribution in [3.63, 3.8) is 0 Å². The third kappa shape index (κ3) is 2.59. The molecule has 0 radical (unpaired) electrons. The SMILES string of the molecule is CSNc1cccc(-c2cc(C)c(=O)n(C)c2)c1. The van der Waals surface area contributed by atoms with Crippen LogP contribution in [0.2, 0.25) is 0 Å². The Bertz CT molecular complexity index is 593. The summed E-state index contributed by atoms with van der Waals surface area (Å²) >= 11 is 1.56. The van der Waals surface area contributed by atoms with E-state index in [4.69, 9.17) is 0 Å². The lowest BCUT2D eigenvalue weighted by Gasteiger charge is -2.08. The number of anilines is 1. The van der Waals surface area contributed by atoms with Gasteiger partial charge in [-0.2, -0.15) is 0 Å². The van der Waals surface area contributed by atoms with Crippen LogP contribution < -0.4 is 10.3 Å². The smallest absolute Gasteiger partial charge is 0.253 e. The monoisotopic (exact) mass is 260 g/mol. The fourth-order valence-corrected chi connectivity index (χ4v) is 2.28. The van der Waals surface area contributed by atoms with E-state index < -0.39 is 0 Å². The molecule has 0 aliphatic rings. The molecule has 0 unspecified atom stereocenters. The molecule has 3 nitrogen and oxygen atoms in total. The number of hydrogen-bond donors (Lipinski definition) is 1. The average molecular weight is 260 g/mol. The third-order valence-electron chi connectivity index (χ3n) is 2.78. The standard InChI is InChI=1S/C14H16N2OS/c1-10-7-12(9-16(2)14(10)17)11-5-4-6-13(8-11)15-18-3/h4-9,15H,1-3H3. The van der Waals surface area contributed by atoms with Crippen molar-refractivity contribution >= 4 is 17.6 Å². The van der Waals surface area contributed by atoms with Crippen LogP contribution in [0.15, 0.2) is 41.3 Å². The summed E-state index contributed by atoms with van der Waals surface area (Å²) < 4.78 is 4.83. The van der Waals surface area contributed by atoms with Gasteiger partial charge in [0.25, 0.3) is 5.56 Å². The minimum atomic E-state index is 0.0529. The van der Waals surface area contributed by atoms with Crippen molar-refractivity contribution in [3.8, 4) is 11.1 Å². The number of hydrogen-bond acceptors (Lipinski definition) is 3. The van der Waals surface area contributed by atoms with Crippen molar-refractivity contribution < 1.29 is 0 Å². The summed E-state index contributed by atoms with van der Waals surface area (Å²) in [7, 11) is 1.78. The lowest BCUT2D eigenvalue weighted by molar-refractivity contribution is 0.851. The first-order chi connectivity index (χ1) is 8.61. The molecule has 94 valence electrons. The predicted molar refractivity (Wildman–Crippen MR) is 79.0 cm³/mol. The number of nitrogens with zero attached hydrogens (tertiary/aromatic N) is 1. The number of pyridine rings is 1. The number of aromatic nitrogens is 1. The van der Waals surface area contributed by atoms with Gasteiger partial charge < -0.3 is 9.29 Å². The van der Waals surface area contributed by atoms with Crippen LogP contribution in [-0.4, -0.2) is 10.8 Å². The van der Waals surface area contributed by atoms with Gasteiger partial charge in [0.1, 0.15) is 0 Å². The summed E-state index contributed by atoms with van der Waals surface area (Å²) in [6.07, 6.45) is 3.86. The zero-order valence-electron chi connectivity index (χ0n) is 10.7. The molecule has 0 aliphatic carbocycles. The van der Waals surface area contributed by atoms with E-state index in [1.165, 1.54) is 0 Å². The maximum Gasteiger partial charge on any atom is 0.253 e. The lowest BCUT2D eigenvalue weighted by Crippen LogP contribution is -2.18. The zero-order valence-corrected chi connectivity index (χ0v) is 11.5. The molecule has 0 atom stereocenters. The first-order valence-corrected chi connectivity index (χ1v) is 6.91. The van der Waals surface area contributed by atoms with Gasteiger partial charge in [-0.05, 0) is 36.2 Å². The average Bonchev–Trinajstić information content (AvgIpc) is 2.36.